The number of cyclic esters (lactones) is 1. The number of thiazole rings is 1. The third-order valence-electron chi connectivity index (χ3n) is 4.05. The molecule has 2 amide bonds. The van der Waals surface area contributed by atoms with Crippen LogP contribution in [0.15, 0.2) is 35.7 Å². The van der Waals surface area contributed by atoms with Crippen LogP contribution < -0.4 is 9.80 Å². The van der Waals surface area contributed by atoms with E-state index in [0.717, 1.165) is 0 Å². The van der Waals surface area contributed by atoms with Crippen molar-refractivity contribution < 1.29 is 19.1 Å². The highest BCUT2D eigenvalue weighted by molar-refractivity contribution is 7.14. The Labute approximate surface area is 160 Å². The van der Waals surface area contributed by atoms with Crippen LogP contribution in [0.3, 0.4) is 0 Å². The van der Waals surface area contributed by atoms with Crippen molar-refractivity contribution in [3.63, 3.8) is 0 Å². The molecule has 1 aliphatic heterocycles. The minimum Gasteiger partial charge on any atom is -0.447 e. The van der Waals surface area contributed by atoms with E-state index in [4.69, 9.17) is 4.74 Å². The number of carbonyl (C=O) groups is 3. The molecule has 2 aromatic rings. The summed E-state index contributed by atoms with van der Waals surface area (Å²) >= 11 is 1.35. The smallest absolute Gasteiger partial charge is 0.414 e. The van der Waals surface area contributed by atoms with Gasteiger partial charge in [-0.1, -0.05) is 12.1 Å². The molecular weight excluding hydrogens is 366 g/mol. The van der Waals surface area contributed by atoms with E-state index in [2.05, 4.69) is 4.98 Å². The van der Waals surface area contributed by atoms with Crippen LogP contribution in [0.2, 0.25) is 0 Å². The SMILES string of the molecule is CCN(C(C)=O)c1nc(/C=C\C(=O)c2cccc(N3CCOC3=O)c2)cs1. The highest BCUT2D eigenvalue weighted by Gasteiger charge is 2.23. The molecule has 1 saturated heterocycles. The summed E-state index contributed by atoms with van der Waals surface area (Å²) in [5, 5.41) is 2.40. The summed E-state index contributed by atoms with van der Waals surface area (Å²) in [7, 11) is 0. The zero-order valence-electron chi connectivity index (χ0n) is 15.0. The normalized spacial score (nSPS) is 13.9. The van der Waals surface area contributed by atoms with Gasteiger partial charge in [0.1, 0.15) is 6.61 Å². The minimum absolute atomic E-state index is 0.0734. The number of ketones is 1. The van der Waals surface area contributed by atoms with Crippen molar-refractivity contribution in [3.05, 3.63) is 47.0 Å². The molecule has 140 valence electrons. The number of amides is 2. The number of carbonyl (C=O) groups excluding carboxylic acids is 3. The summed E-state index contributed by atoms with van der Waals surface area (Å²) in [4.78, 5) is 43.2. The Kier molecular flexibility index (Phi) is 5.66. The van der Waals surface area contributed by atoms with Crippen molar-refractivity contribution in [2.75, 3.05) is 29.5 Å². The van der Waals surface area contributed by atoms with Gasteiger partial charge in [0, 0.05) is 30.1 Å². The van der Waals surface area contributed by atoms with Crippen LogP contribution in [0.4, 0.5) is 15.6 Å². The number of benzene rings is 1. The van der Waals surface area contributed by atoms with Crippen LogP contribution in [-0.2, 0) is 9.53 Å². The highest BCUT2D eigenvalue weighted by atomic mass is 32.1. The van der Waals surface area contributed by atoms with Gasteiger partial charge in [-0.05, 0) is 31.2 Å². The number of hydrogen-bond acceptors (Lipinski definition) is 6. The zero-order chi connectivity index (χ0) is 19.4. The second kappa shape index (κ2) is 8.13. The molecule has 27 heavy (non-hydrogen) atoms. The third kappa shape index (κ3) is 4.22. The Balaban J connectivity index is 1.73. The van der Waals surface area contributed by atoms with Crippen LogP contribution in [0.5, 0.6) is 0 Å². The van der Waals surface area contributed by atoms with E-state index < -0.39 is 6.09 Å². The lowest BCUT2D eigenvalue weighted by atomic mass is 10.1. The van der Waals surface area contributed by atoms with E-state index in [-0.39, 0.29) is 11.7 Å². The summed E-state index contributed by atoms with van der Waals surface area (Å²) in [6, 6.07) is 6.86. The zero-order valence-corrected chi connectivity index (χ0v) is 15.9. The van der Waals surface area contributed by atoms with E-state index in [9.17, 15) is 14.4 Å². The molecule has 0 aliphatic carbocycles. The molecule has 0 unspecified atom stereocenters. The summed E-state index contributed by atoms with van der Waals surface area (Å²) < 4.78 is 4.93. The molecule has 2 heterocycles. The van der Waals surface area contributed by atoms with Crippen LogP contribution in [0.25, 0.3) is 6.08 Å². The minimum atomic E-state index is -0.406. The molecule has 8 heteroatoms. The maximum atomic E-state index is 12.5. The molecule has 7 nitrogen and oxygen atoms in total. The van der Waals surface area contributed by atoms with E-state index in [0.29, 0.717) is 41.8 Å². The van der Waals surface area contributed by atoms with Gasteiger partial charge in [0.2, 0.25) is 5.91 Å². The van der Waals surface area contributed by atoms with Crippen LogP contribution in [0, 0.1) is 0 Å². The van der Waals surface area contributed by atoms with E-state index in [1.165, 1.54) is 29.2 Å². The lowest BCUT2D eigenvalue weighted by molar-refractivity contribution is -0.116. The van der Waals surface area contributed by atoms with Gasteiger partial charge in [0.05, 0.1) is 12.2 Å². The average molecular weight is 385 g/mol. The van der Waals surface area contributed by atoms with E-state index in [1.54, 1.807) is 40.6 Å². The number of nitrogens with zero attached hydrogens (tertiary/aromatic N) is 3. The topological polar surface area (TPSA) is 79.8 Å². The molecule has 0 radical (unpaired) electrons. The number of ether oxygens (including phenoxy) is 1. The molecule has 0 atom stereocenters. The molecule has 1 fully saturated rings. The summed E-state index contributed by atoms with van der Waals surface area (Å²) in [6.07, 6.45) is 2.65. The Morgan fingerprint density at radius 3 is 2.89 bits per heavy atom. The predicted molar refractivity (Wildman–Crippen MR) is 104 cm³/mol. The van der Waals surface area contributed by atoms with Gasteiger partial charge in [-0.2, -0.15) is 0 Å². The molecule has 1 aromatic heterocycles. The van der Waals surface area contributed by atoms with Crippen LogP contribution >= 0.6 is 11.3 Å². The number of rotatable bonds is 6. The number of anilines is 2. The lowest BCUT2D eigenvalue weighted by Gasteiger charge is -2.14. The lowest BCUT2D eigenvalue weighted by Crippen LogP contribution is -2.27. The second-order valence-corrected chi connectivity index (χ2v) is 6.67. The first-order chi connectivity index (χ1) is 13.0. The van der Waals surface area contributed by atoms with Crippen molar-refractivity contribution in [3.8, 4) is 0 Å². The Bertz CT molecular complexity index is 906. The van der Waals surface area contributed by atoms with Gasteiger partial charge in [-0.25, -0.2) is 9.78 Å². The largest absolute Gasteiger partial charge is 0.447 e. The first-order valence-electron chi connectivity index (χ1n) is 8.50. The predicted octanol–water partition coefficient (Wildman–Crippen LogP) is 3.37. The molecule has 0 bridgehead atoms. The summed E-state index contributed by atoms with van der Waals surface area (Å²) in [6.45, 7) is 4.73. The molecule has 0 saturated carbocycles. The molecule has 0 N–H and O–H groups in total. The Morgan fingerprint density at radius 1 is 1.41 bits per heavy atom. The molecular formula is C19H19N3O4S. The van der Waals surface area contributed by atoms with Gasteiger partial charge in [-0.3, -0.25) is 19.4 Å². The number of allylic oxidation sites excluding steroid dienone is 1. The Hall–Kier alpha value is -3.00. The molecule has 1 aromatic carbocycles. The van der Waals surface area contributed by atoms with Crippen molar-refractivity contribution in [1.29, 1.82) is 0 Å². The maximum absolute atomic E-state index is 12.5. The fourth-order valence-electron chi connectivity index (χ4n) is 2.68. The van der Waals surface area contributed by atoms with Crippen molar-refractivity contribution in [2.24, 2.45) is 0 Å². The van der Waals surface area contributed by atoms with E-state index >= 15 is 0 Å². The highest BCUT2D eigenvalue weighted by Crippen LogP contribution is 2.23. The Morgan fingerprint density at radius 2 is 2.22 bits per heavy atom. The quantitative estimate of drug-likeness (QED) is 0.563. The van der Waals surface area contributed by atoms with Crippen molar-refractivity contribution in [2.45, 2.75) is 13.8 Å². The fourth-order valence-corrected chi connectivity index (χ4v) is 3.58. The van der Waals surface area contributed by atoms with Gasteiger partial charge in [-0.15, -0.1) is 11.3 Å². The summed E-state index contributed by atoms with van der Waals surface area (Å²) in [5.41, 5.74) is 1.72. The monoisotopic (exact) mass is 385 g/mol. The van der Waals surface area contributed by atoms with Crippen LogP contribution in [-0.4, -0.2) is 42.5 Å². The number of aromatic nitrogens is 1. The number of hydrogen-bond donors (Lipinski definition) is 0. The molecule has 0 spiro atoms. The molecule has 1 aliphatic rings. The molecule has 3 rings (SSSR count). The standard InChI is InChI=1S/C19H19N3O4S/c1-3-21(13(2)23)18-20-15(12-27-18)7-8-17(24)14-5-4-6-16(11-14)22-9-10-26-19(22)25/h4-8,11-12H,3,9-10H2,1-2H3/b8-7-. The first-order valence-corrected chi connectivity index (χ1v) is 9.38. The third-order valence-corrected chi connectivity index (χ3v) is 4.93. The van der Waals surface area contributed by atoms with Gasteiger partial charge >= 0.3 is 6.09 Å². The van der Waals surface area contributed by atoms with Crippen molar-refractivity contribution >= 4 is 46.0 Å². The first kappa shape index (κ1) is 18.8. The van der Waals surface area contributed by atoms with Gasteiger partial charge in [0.15, 0.2) is 10.9 Å². The fraction of sp³-hybridized carbons (Fsp3) is 0.263. The average Bonchev–Trinajstić information content (AvgIpc) is 3.29. The van der Waals surface area contributed by atoms with Gasteiger partial charge < -0.3 is 4.74 Å². The van der Waals surface area contributed by atoms with Crippen molar-refractivity contribution in [1.82, 2.24) is 4.98 Å². The second-order valence-electron chi connectivity index (χ2n) is 5.83. The maximum Gasteiger partial charge on any atom is 0.414 e. The van der Waals surface area contributed by atoms with Crippen LogP contribution in [0.1, 0.15) is 29.9 Å². The van der Waals surface area contributed by atoms with Gasteiger partial charge in [0.25, 0.3) is 0 Å². The van der Waals surface area contributed by atoms with E-state index in [1.807, 2.05) is 6.92 Å². The summed E-state index contributed by atoms with van der Waals surface area (Å²) in [5.74, 6) is -0.270.